The normalized spacial score (nSPS) is 12.9. The fourth-order valence-corrected chi connectivity index (χ4v) is 1.99. The van der Waals surface area contributed by atoms with Gasteiger partial charge < -0.3 is 16.0 Å². The van der Waals surface area contributed by atoms with E-state index in [4.69, 9.17) is 5.73 Å². The number of para-hydroxylation sites is 1. The highest BCUT2D eigenvalue weighted by molar-refractivity contribution is 5.47. The summed E-state index contributed by atoms with van der Waals surface area (Å²) in [5.41, 5.74) is 8.01. The minimum Gasteiger partial charge on any atom is -0.398 e. The van der Waals surface area contributed by atoms with E-state index < -0.39 is 0 Å². The van der Waals surface area contributed by atoms with Gasteiger partial charge in [-0.1, -0.05) is 32.0 Å². The molecule has 1 aromatic rings. The number of nitrogens with zero attached hydrogens (tertiary/aromatic N) is 1. The second kappa shape index (κ2) is 7.30. The molecule has 1 aromatic carbocycles. The third kappa shape index (κ3) is 4.36. The molecule has 0 heterocycles. The highest BCUT2D eigenvalue weighted by Gasteiger charge is 2.07. The molecule has 0 amide bonds. The molecule has 0 aliphatic heterocycles. The van der Waals surface area contributed by atoms with Crippen molar-refractivity contribution >= 4 is 5.69 Å². The summed E-state index contributed by atoms with van der Waals surface area (Å²) >= 11 is 0. The van der Waals surface area contributed by atoms with Crippen molar-refractivity contribution in [2.45, 2.75) is 26.8 Å². The first-order chi connectivity index (χ1) is 8.19. The number of rotatable bonds is 7. The average molecular weight is 235 g/mol. The monoisotopic (exact) mass is 235 g/mol. The summed E-state index contributed by atoms with van der Waals surface area (Å²) in [4.78, 5) is 2.41. The smallest absolute Gasteiger partial charge is 0.0362 e. The van der Waals surface area contributed by atoms with Crippen LogP contribution >= 0.6 is 0 Å². The molecule has 3 heteroatoms. The number of likely N-dealkylation sites (N-methyl/N-ethyl adjacent to an activating group) is 1. The number of hydrogen-bond acceptors (Lipinski definition) is 3. The average Bonchev–Trinajstić information content (AvgIpc) is 2.35. The van der Waals surface area contributed by atoms with E-state index in [0.717, 1.165) is 31.9 Å². The van der Waals surface area contributed by atoms with Gasteiger partial charge in [0.05, 0.1) is 0 Å². The van der Waals surface area contributed by atoms with Crippen LogP contribution in [0.3, 0.4) is 0 Å². The maximum atomic E-state index is 5.95. The van der Waals surface area contributed by atoms with Crippen molar-refractivity contribution in [2.24, 2.45) is 0 Å². The van der Waals surface area contributed by atoms with Crippen LogP contribution in [-0.2, 0) is 0 Å². The third-order valence-electron chi connectivity index (χ3n) is 3.24. The van der Waals surface area contributed by atoms with Gasteiger partial charge in [-0.25, -0.2) is 0 Å². The van der Waals surface area contributed by atoms with E-state index in [9.17, 15) is 0 Å². The van der Waals surface area contributed by atoms with Crippen LogP contribution < -0.4 is 11.1 Å². The van der Waals surface area contributed by atoms with Crippen LogP contribution in [0.4, 0.5) is 5.69 Å². The van der Waals surface area contributed by atoms with E-state index in [1.54, 1.807) is 0 Å². The second-order valence-electron chi connectivity index (χ2n) is 4.33. The van der Waals surface area contributed by atoms with Gasteiger partial charge in [0.25, 0.3) is 0 Å². The van der Waals surface area contributed by atoms with Crippen molar-refractivity contribution in [3.05, 3.63) is 29.8 Å². The summed E-state index contributed by atoms with van der Waals surface area (Å²) in [5, 5.41) is 3.52. The van der Waals surface area contributed by atoms with Crippen molar-refractivity contribution in [1.82, 2.24) is 10.2 Å². The molecule has 17 heavy (non-hydrogen) atoms. The van der Waals surface area contributed by atoms with Crippen LogP contribution in [0.25, 0.3) is 0 Å². The van der Waals surface area contributed by atoms with Crippen LogP contribution in [0.2, 0.25) is 0 Å². The molecule has 0 saturated heterocycles. The van der Waals surface area contributed by atoms with Gasteiger partial charge in [0.15, 0.2) is 0 Å². The Bertz CT molecular complexity index is 321. The topological polar surface area (TPSA) is 41.3 Å². The van der Waals surface area contributed by atoms with Gasteiger partial charge in [0, 0.05) is 24.8 Å². The quantitative estimate of drug-likeness (QED) is 0.712. The predicted octanol–water partition coefficient (Wildman–Crippen LogP) is 2.26. The van der Waals surface area contributed by atoms with Crippen LogP contribution in [0.1, 0.15) is 32.4 Å². The fourth-order valence-electron chi connectivity index (χ4n) is 1.99. The maximum absolute atomic E-state index is 5.95. The van der Waals surface area contributed by atoms with Gasteiger partial charge in [-0.05, 0) is 31.6 Å². The highest BCUT2D eigenvalue weighted by Crippen LogP contribution is 2.18. The first-order valence-corrected chi connectivity index (χ1v) is 6.49. The van der Waals surface area contributed by atoms with Gasteiger partial charge in [-0.3, -0.25) is 0 Å². The Morgan fingerprint density at radius 2 is 1.88 bits per heavy atom. The summed E-state index contributed by atoms with van der Waals surface area (Å²) < 4.78 is 0. The van der Waals surface area contributed by atoms with Gasteiger partial charge in [0.2, 0.25) is 0 Å². The van der Waals surface area contributed by atoms with Gasteiger partial charge >= 0.3 is 0 Å². The molecule has 0 aliphatic carbocycles. The Kier molecular flexibility index (Phi) is 6.01. The van der Waals surface area contributed by atoms with E-state index in [1.165, 1.54) is 5.56 Å². The maximum Gasteiger partial charge on any atom is 0.0362 e. The summed E-state index contributed by atoms with van der Waals surface area (Å²) in [5.74, 6) is 0. The molecule has 0 aromatic heterocycles. The number of nitrogens with one attached hydrogen (secondary N) is 1. The Labute approximate surface area is 105 Å². The third-order valence-corrected chi connectivity index (χ3v) is 3.24. The van der Waals surface area contributed by atoms with Crippen LogP contribution in [0.15, 0.2) is 24.3 Å². The molecule has 3 N–H and O–H groups in total. The zero-order valence-corrected chi connectivity index (χ0v) is 11.2. The minimum atomic E-state index is 0.312. The Balaban J connectivity index is 2.40. The van der Waals surface area contributed by atoms with Crippen LogP contribution in [-0.4, -0.2) is 31.1 Å². The summed E-state index contributed by atoms with van der Waals surface area (Å²) in [6.45, 7) is 10.9. The van der Waals surface area contributed by atoms with Gasteiger partial charge in [0.1, 0.15) is 0 Å². The standard InChI is InChI=1S/C14H25N3/c1-4-17(5-2)11-10-16-12(3)13-8-6-7-9-14(13)15/h6-9,12,16H,4-5,10-11,15H2,1-3H3. The molecule has 0 saturated carbocycles. The van der Waals surface area contributed by atoms with Gasteiger partial charge in [-0.15, -0.1) is 0 Å². The van der Waals surface area contributed by atoms with Crippen molar-refractivity contribution in [2.75, 3.05) is 31.9 Å². The molecule has 0 aliphatic rings. The Hall–Kier alpha value is -1.06. The fraction of sp³-hybridized carbons (Fsp3) is 0.571. The molecular weight excluding hydrogens is 210 g/mol. The van der Waals surface area contributed by atoms with Crippen molar-refractivity contribution < 1.29 is 0 Å². The number of hydrogen-bond donors (Lipinski definition) is 2. The number of nitrogen functional groups attached to an aromatic ring is 1. The molecule has 1 unspecified atom stereocenters. The molecule has 0 radical (unpaired) electrons. The molecule has 0 spiro atoms. The largest absolute Gasteiger partial charge is 0.398 e. The summed E-state index contributed by atoms with van der Waals surface area (Å²) in [6, 6.07) is 8.37. The van der Waals surface area contributed by atoms with Crippen LogP contribution in [0, 0.1) is 0 Å². The highest BCUT2D eigenvalue weighted by atomic mass is 15.1. The lowest BCUT2D eigenvalue weighted by Crippen LogP contribution is -2.33. The van der Waals surface area contributed by atoms with E-state index in [1.807, 2.05) is 18.2 Å². The lowest BCUT2D eigenvalue weighted by Gasteiger charge is -2.21. The first kappa shape index (κ1) is 14.0. The molecule has 1 rings (SSSR count). The Morgan fingerprint density at radius 3 is 2.47 bits per heavy atom. The minimum absolute atomic E-state index is 0.312. The van der Waals surface area contributed by atoms with E-state index >= 15 is 0 Å². The zero-order valence-electron chi connectivity index (χ0n) is 11.2. The summed E-state index contributed by atoms with van der Waals surface area (Å²) in [7, 11) is 0. The van der Waals surface area contributed by atoms with Gasteiger partial charge in [-0.2, -0.15) is 0 Å². The van der Waals surface area contributed by atoms with Crippen molar-refractivity contribution in [3.8, 4) is 0 Å². The molecule has 3 nitrogen and oxygen atoms in total. The van der Waals surface area contributed by atoms with E-state index in [2.05, 4.69) is 37.1 Å². The molecular formula is C14H25N3. The van der Waals surface area contributed by atoms with E-state index in [-0.39, 0.29) is 0 Å². The number of benzene rings is 1. The first-order valence-electron chi connectivity index (χ1n) is 6.49. The molecule has 1 atom stereocenters. The number of nitrogens with two attached hydrogens (primary N) is 1. The lowest BCUT2D eigenvalue weighted by molar-refractivity contribution is 0.298. The van der Waals surface area contributed by atoms with Crippen molar-refractivity contribution in [3.63, 3.8) is 0 Å². The molecule has 96 valence electrons. The summed E-state index contributed by atoms with van der Waals surface area (Å²) in [6.07, 6.45) is 0. The molecule has 0 bridgehead atoms. The SMILES string of the molecule is CCN(CC)CCNC(C)c1ccccc1N. The van der Waals surface area contributed by atoms with E-state index in [0.29, 0.717) is 6.04 Å². The lowest BCUT2D eigenvalue weighted by atomic mass is 10.1. The van der Waals surface area contributed by atoms with Crippen LogP contribution in [0.5, 0.6) is 0 Å². The Morgan fingerprint density at radius 1 is 1.24 bits per heavy atom. The van der Waals surface area contributed by atoms with Crippen molar-refractivity contribution in [1.29, 1.82) is 0 Å². The molecule has 0 fully saturated rings. The zero-order chi connectivity index (χ0) is 12.7. The number of anilines is 1. The predicted molar refractivity (Wildman–Crippen MR) is 75.1 cm³/mol. The second-order valence-corrected chi connectivity index (χ2v) is 4.33.